The van der Waals surface area contributed by atoms with E-state index in [0.717, 1.165) is 0 Å². The van der Waals surface area contributed by atoms with Crippen LogP contribution in [-0.2, 0) is 24.1 Å². The van der Waals surface area contributed by atoms with Crippen molar-refractivity contribution in [2.45, 2.75) is 12.5 Å². The standard InChI is InChI=1S/C11H22N2O5S/c1-17-6-4-13(11(14)8-18-5-3-12)10-2-7-19(15,16)9-10/h10H,2-9,12H2,1H3. The number of rotatable bonds is 8. The number of hydrogen-bond donors (Lipinski definition) is 1. The van der Waals surface area contributed by atoms with Gasteiger partial charge in [-0.25, -0.2) is 8.42 Å². The van der Waals surface area contributed by atoms with Gasteiger partial charge in [-0.05, 0) is 6.42 Å². The van der Waals surface area contributed by atoms with Gasteiger partial charge in [-0.1, -0.05) is 0 Å². The summed E-state index contributed by atoms with van der Waals surface area (Å²) in [7, 11) is -1.48. The Morgan fingerprint density at radius 1 is 1.42 bits per heavy atom. The minimum atomic E-state index is -3.02. The topological polar surface area (TPSA) is 98.9 Å². The minimum absolute atomic E-state index is 0.0271. The lowest BCUT2D eigenvalue weighted by atomic mass is 10.2. The summed E-state index contributed by atoms with van der Waals surface area (Å²) < 4.78 is 33.0. The van der Waals surface area contributed by atoms with Crippen molar-refractivity contribution < 1.29 is 22.7 Å². The molecule has 1 atom stereocenters. The normalized spacial score (nSPS) is 21.5. The van der Waals surface area contributed by atoms with Gasteiger partial charge in [0, 0.05) is 26.2 Å². The molecule has 8 heteroatoms. The van der Waals surface area contributed by atoms with Gasteiger partial charge in [0.25, 0.3) is 0 Å². The molecule has 0 aliphatic carbocycles. The van der Waals surface area contributed by atoms with Crippen molar-refractivity contribution in [1.82, 2.24) is 4.90 Å². The second-order valence-electron chi connectivity index (χ2n) is 4.48. The number of nitrogens with zero attached hydrogens (tertiary/aromatic N) is 1. The van der Waals surface area contributed by atoms with E-state index in [1.807, 2.05) is 0 Å². The van der Waals surface area contributed by atoms with Crippen molar-refractivity contribution in [2.24, 2.45) is 5.73 Å². The molecule has 1 saturated heterocycles. The fourth-order valence-corrected chi connectivity index (χ4v) is 3.78. The predicted molar refractivity (Wildman–Crippen MR) is 70.5 cm³/mol. The zero-order valence-electron chi connectivity index (χ0n) is 11.2. The lowest BCUT2D eigenvalue weighted by molar-refractivity contribution is -0.138. The number of hydrogen-bond acceptors (Lipinski definition) is 6. The van der Waals surface area contributed by atoms with E-state index < -0.39 is 9.84 Å². The molecule has 0 radical (unpaired) electrons. The number of carbonyl (C=O) groups excluding carboxylic acids is 1. The van der Waals surface area contributed by atoms with Crippen molar-refractivity contribution >= 4 is 15.7 Å². The summed E-state index contributed by atoms with van der Waals surface area (Å²) >= 11 is 0. The average Bonchev–Trinajstić information content (AvgIpc) is 2.70. The maximum absolute atomic E-state index is 12.0. The van der Waals surface area contributed by atoms with Crippen LogP contribution in [0.5, 0.6) is 0 Å². The van der Waals surface area contributed by atoms with E-state index in [0.29, 0.717) is 32.7 Å². The number of nitrogens with two attached hydrogens (primary N) is 1. The number of ether oxygens (including phenoxy) is 2. The van der Waals surface area contributed by atoms with Gasteiger partial charge in [0.15, 0.2) is 9.84 Å². The Bertz CT molecular complexity index is 385. The first-order chi connectivity index (χ1) is 9.00. The van der Waals surface area contributed by atoms with Gasteiger partial charge in [-0.15, -0.1) is 0 Å². The first kappa shape index (κ1) is 16.4. The van der Waals surface area contributed by atoms with Crippen molar-refractivity contribution in [3.05, 3.63) is 0 Å². The van der Waals surface area contributed by atoms with Crippen LogP contribution in [0.15, 0.2) is 0 Å². The monoisotopic (exact) mass is 294 g/mol. The Morgan fingerprint density at radius 2 is 2.16 bits per heavy atom. The van der Waals surface area contributed by atoms with Crippen molar-refractivity contribution in [2.75, 3.05) is 51.5 Å². The molecule has 1 aliphatic rings. The fraction of sp³-hybridized carbons (Fsp3) is 0.909. The van der Waals surface area contributed by atoms with Crippen LogP contribution in [0.3, 0.4) is 0 Å². The predicted octanol–water partition coefficient (Wildman–Crippen LogP) is -1.38. The molecule has 0 aromatic heterocycles. The largest absolute Gasteiger partial charge is 0.383 e. The molecule has 0 spiro atoms. The SMILES string of the molecule is COCCN(C(=O)COCCN)C1CCS(=O)(=O)C1. The molecule has 7 nitrogen and oxygen atoms in total. The summed E-state index contributed by atoms with van der Waals surface area (Å²) in [6.07, 6.45) is 0.481. The molecule has 112 valence electrons. The highest BCUT2D eigenvalue weighted by Crippen LogP contribution is 2.17. The second kappa shape index (κ2) is 7.78. The van der Waals surface area contributed by atoms with Crippen molar-refractivity contribution in [3.63, 3.8) is 0 Å². The third kappa shape index (κ3) is 5.43. The number of carbonyl (C=O) groups is 1. The van der Waals surface area contributed by atoms with E-state index >= 15 is 0 Å². The van der Waals surface area contributed by atoms with Crippen LogP contribution < -0.4 is 5.73 Å². The van der Waals surface area contributed by atoms with E-state index in [2.05, 4.69) is 0 Å². The van der Waals surface area contributed by atoms with Crippen LogP contribution in [0.2, 0.25) is 0 Å². The molecule has 0 saturated carbocycles. The summed E-state index contributed by atoms with van der Waals surface area (Å²) in [6.45, 7) is 1.34. The lowest BCUT2D eigenvalue weighted by Gasteiger charge is -2.28. The number of methoxy groups -OCH3 is 1. The molecule has 19 heavy (non-hydrogen) atoms. The summed E-state index contributed by atoms with van der Waals surface area (Å²) in [6, 6.07) is -0.269. The maximum Gasteiger partial charge on any atom is 0.248 e. The van der Waals surface area contributed by atoms with Crippen LogP contribution in [0, 0.1) is 0 Å². The Kier molecular flexibility index (Phi) is 6.70. The van der Waals surface area contributed by atoms with Crippen LogP contribution in [0.1, 0.15) is 6.42 Å². The van der Waals surface area contributed by atoms with E-state index in [9.17, 15) is 13.2 Å². The smallest absolute Gasteiger partial charge is 0.248 e. The van der Waals surface area contributed by atoms with Gasteiger partial charge in [0.2, 0.25) is 5.91 Å². The molecule has 1 heterocycles. The summed E-state index contributed by atoms with van der Waals surface area (Å²) in [5.41, 5.74) is 5.28. The molecule has 0 aromatic rings. The maximum atomic E-state index is 12.0. The summed E-state index contributed by atoms with van der Waals surface area (Å²) in [5, 5.41) is 0. The molecule has 0 bridgehead atoms. The summed E-state index contributed by atoms with van der Waals surface area (Å²) in [4.78, 5) is 13.6. The zero-order valence-corrected chi connectivity index (χ0v) is 12.0. The molecule has 1 amide bonds. The minimum Gasteiger partial charge on any atom is -0.383 e. The van der Waals surface area contributed by atoms with E-state index in [-0.39, 0.29) is 30.1 Å². The Hall–Kier alpha value is -0.700. The third-order valence-electron chi connectivity index (χ3n) is 2.99. The van der Waals surface area contributed by atoms with Gasteiger partial charge < -0.3 is 20.1 Å². The van der Waals surface area contributed by atoms with Gasteiger partial charge in [0.1, 0.15) is 6.61 Å². The highest BCUT2D eigenvalue weighted by atomic mass is 32.2. The van der Waals surface area contributed by atoms with Gasteiger partial charge in [0.05, 0.1) is 24.7 Å². The average molecular weight is 294 g/mol. The van der Waals surface area contributed by atoms with Crippen LogP contribution in [0.25, 0.3) is 0 Å². The first-order valence-electron chi connectivity index (χ1n) is 6.27. The number of sulfone groups is 1. The highest BCUT2D eigenvalue weighted by molar-refractivity contribution is 7.91. The highest BCUT2D eigenvalue weighted by Gasteiger charge is 2.34. The zero-order chi connectivity index (χ0) is 14.3. The van der Waals surface area contributed by atoms with Crippen molar-refractivity contribution in [1.29, 1.82) is 0 Å². The summed E-state index contributed by atoms with van der Waals surface area (Å²) in [5.74, 6) is -0.0511. The molecule has 1 fully saturated rings. The Morgan fingerprint density at radius 3 is 2.68 bits per heavy atom. The fourth-order valence-electron chi connectivity index (χ4n) is 2.05. The quantitative estimate of drug-likeness (QED) is 0.554. The van der Waals surface area contributed by atoms with E-state index in [4.69, 9.17) is 15.2 Å². The Labute approximate surface area is 113 Å². The molecule has 1 unspecified atom stereocenters. The third-order valence-corrected chi connectivity index (χ3v) is 4.74. The number of amides is 1. The van der Waals surface area contributed by atoms with Crippen LogP contribution >= 0.6 is 0 Å². The molecule has 1 aliphatic heterocycles. The Balaban J connectivity index is 2.58. The molecular weight excluding hydrogens is 272 g/mol. The van der Waals surface area contributed by atoms with Gasteiger partial charge in [-0.3, -0.25) is 4.79 Å². The lowest BCUT2D eigenvalue weighted by Crippen LogP contribution is -2.44. The molecule has 1 rings (SSSR count). The van der Waals surface area contributed by atoms with Crippen LogP contribution in [-0.4, -0.2) is 76.8 Å². The van der Waals surface area contributed by atoms with Crippen molar-refractivity contribution in [3.8, 4) is 0 Å². The van der Waals surface area contributed by atoms with E-state index in [1.54, 1.807) is 12.0 Å². The van der Waals surface area contributed by atoms with E-state index in [1.165, 1.54) is 0 Å². The first-order valence-corrected chi connectivity index (χ1v) is 8.09. The van der Waals surface area contributed by atoms with Crippen LogP contribution in [0.4, 0.5) is 0 Å². The van der Waals surface area contributed by atoms with Gasteiger partial charge in [-0.2, -0.15) is 0 Å². The van der Waals surface area contributed by atoms with Gasteiger partial charge >= 0.3 is 0 Å². The molecule has 2 N–H and O–H groups in total. The molecule has 0 aromatic carbocycles. The second-order valence-corrected chi connectivity index (χ2v) is 6.71. The molecular formula is C11H22N2O5S.